The van der Waals surface area contributed by atoms with Crippen LogP contribution >= 0.6 is 0 Å². The average Bonchev–Trinajstić information content (AvgIpc) is 4.14. The molecule has 5 aromatic rings. The molecule has 3 saturated heterocycles. The Morgan fingerprint density at radius 1 is 0.635 bits per heavy atom. The van der Waals surface area contributed by atoms with Gasteiger partial charge in [-0.2, -0.15) is 0 Å². The van der Waals surface area contributed by atoms with E-state index in [9.17, 15) is 19.5 Å². The molecule has 0 unspecified atom stereocenters. The number of nitrogens with one attached hydrogen (secondary N) is 2. The van der Waals surface area contributed by atoms with Crippen LogP contribution in [-0.4, -0.2) is 100 Å². The van der Waals surface area contributed by atoms with Gasteiger partial charge in [-0.05, 0) is 126 Å². The van der Waals surface area contributed by atoms with Gasteiger partial charge in [0.15, 0.2) is 0 Å². The molecule has 3 aromatic carbocycles. The highest BCUT2D eigenvalue weighted by molar-refractivity contribution is 5.84. The number of piperidine rings is 1. The van der Waals surface area contributed by atoms with E-state index in [2.05, 4.69) is 80.4 Å². The fraction of sp³-hybridized carbons (Fsp3) is 0.471. The van der Waals surface area contributed by atoms with Gasteiger partial charge < -0.3 is 29.8 Å². The normalized spacial score (nSPS) is 22.6. The number of hydrogen-bond acceptors (Lipinski definition) is 6. The first-order valence-corrected chi connectivity index (χ1v) is 23.3. The second-order valence-corrected chi connectivity index (χ2v) is 19.1. The third-order valence-corrected chi connectivity index (χ3v) is 14.1. The number of H-pyrrole nitrogens is 2. The fourth-order valence-electron chi connectivity index (χ4n) is 10.9. The van der Waals surface area contributed by atoms with E-state index in [1.165, 1.54) is 6.42 Å². The summed E-state index contributed by atoms with van der Waals surface area (Å²) in [5, 5.41) is 9.89. The summed E-state index contributed by atoms with van der Waals surface area (Å²) in [4.78, 5) is 65.1. The van der Waals surface area contributed by atoms with Gasteiger partial charge in [-0.3, -0.25) is 14.5 Å². The van der Waals surface area contributed by atoms with Crippen LogP contribution in [0.2, 0.25) is 0 Å². The van der Waals surface area contributed by atoms with Crippen molar-refractivity contribution in [3.8, 4) is 33.6 Å². The van der Waals surface area contributed by atoms with Crippen LogP contribution in [0.25, 0.3) is 33.6 Å². The Balaban J connectivity index is 0.825. The lowest BCUT2D eigenvalue weighted by molar-refractivity contribution is -0.139. The molecule has 12 nitrogen and oxygen atoms in total. The van der Waals surface area contributed by atoms with Gasteiger partial charge >= 0.3 is 6.09 Å². The number of benzene rings is 3. The Hall–Kier alpha value is -5.75. The van der Waals surface area contributed by atoms with Crippen molar-refractivity contribution < 1.29 is 19.5 Å². The van der Waals surface area contributed by atoms with Crippen molar-refractivity contribution in [1.29, 1.82) is 0 Å². The Bertz CT molecular complexity index is 2350. The summed E-state index contributed by atoms with van der Waals surface area (Å²) in [6.45, 7) is 9.15. The van der Waals surface area contributed by atoms with Crippen LogP contribution in [0.4, 0.5) is 4.79 Å². The molecule has 3 aliphatic heterocycles. The van der Waals surface area contributed by atoms with Crippen molar-refractivity contribution in [3.63, 3.8) is 0 Å². The largest absolute Gasteiger partial charge is 0.465 e. The lowest BCUT2D eigenvalue weighted by atomic mass is 9.83. The summed E-state index contributed by atoms with van der Waals surface area (Å²) in [7, 11) is 0. The first kappa shape index (κ1) is 42.5. The predicted molar refractivity (Wildman–Crippen MR) is 244 cm³/mol. The zero-order chi connectivity index (χ0) is 43.7. The Morgan fingerprint density at radius 2 is 1.14 bits per heavy atom. The number of carbonyl (C=O) groups is 3. The molecule has 4 aliphatic rings. The number of likely N-dealkylation sites (tertiary alicyclic amines) is 3. The number of amides is 3. The number of rotatable bonds is 10. The number of aromatic amines is 2. The zero-order valence-corrected chi connectivity index (χ0v) is 37.0. The predicted octanol–water partition coefficient (Wildman–Crippen LogP) is 10.0. The van der Waals surface area contributed by atoms with Gasteiger partial charge in [0.1, 0.15) is 17.7 Å². The summed E-state index contributed by atoms with van der Waals surface area (Å²) in [5.74, 6) is 1.92. The highest BCUT2D eigenvalue weighted by Gasteiger charge is 2.41. The molecule has 0 spiro atoms. The average molecular weight is 851 g/mol. The topological polar surface area (TPSA) is 142 Å². The molecule has 0 bridgehead atoms. The standard InChI is InChI=1S/C51H62N8O4/c1-51(2,3)59(50(62)63)40-26-24-39(25-27-40)48(60)57-30-10-14-43(57)46-52-32-41(54-46)36-20-16-34(17-21-36)35-18-22-37(23-19-35)42-33-53-47(55-42)44-15-11-31-58(44)49(61)45(38-12-6-4-7-13-38)56-28-8-5-9-29-56/h4,6-7,12-13,16-23,32-33,39-40,43-45H,5,8-11,14-15,24-31H2,1-3H3,(H,52,54)(H,53,55)(H,62,63)/t39?,40?,43-,44-,45+/m0/s1. The third kappa shape index (κ3) is 8.92. The van der Waals surface area contributed by atoms with Crippen LogP contribution in [-0.2, 0) is 9.59 Å². The summed E-state index contributed by atoms with van der Waals surface area (Å²) in [6.07, 6.45) is 12.8. The molecular formula is C51H62N8O4. The third-order valence-electron chi connectivity index (χ3n) is 14.1. The minimum atomic E-state index is -0.891. The highest BCUT2D eigenvalue weighted by Crippen LogP contribution is 2.39. The maximum absolute atomic E-state index is 14.4. The first-order chi connectivity index (χ1) is 30.5. The second kappa shape index (κ2) is 18.2. The molecule has 3 N–H and O–H groups in total. The van der Waals surface area contributed by atoms with Crippen LogP contribution in [0.5, 0.6) is 0 Å². The maximum Gasteiger partial charge on any atom is 0.407 e. The minimum absolute atomic E-state index is 0.0630. The molecule has 0 radical (unpaired) electrons. The van der Waals surface area contributed by atoms with E-state index in [1.807, 2.05) is 56.3 Å². The molecule has 2 aromatic heterocycles. The van der Waals surface area contributed by atoms with E-state index in [0.717, 1.165) is 109 Å². The number of imidazole rings is 2. The van der Waals surface area contributed by atoms with E-state index in [0.29, 0.717) is 32.2 Å². The SMILES string of the molecule is CC(C)(C)N(C(=O)O)C1CCC(C(=O)N2CCC[C@H]2c2ncc(-c3ccc(-c4ccc(-c5cnc([C@@H]6CCCN6C(=O)[C@@H](c6ccccc6)N6CCCCC6)[nH]5)cc4)cc3)[nH]2)CC1. The van der Waals surface area contributed by atoms with Crippen LogP contribution in [0.1, 0.15) is 127 Å². The molecule has 3 atom stereocenters. The molecule has 1 saturated carbocycles. The van der Waals surface area contributed by atoms with Gasteiger partial charge in [0.2, 0.25) is 11.8 Å². The molecule has 5 heterocycles. The van der Waals surface area contributed by atoms with Crippen LogP contribution in [0, 0.1) is 5.92 Å². The van der Waals surface area contributed by atoms with Crippen LogP contribution < -0.4 is 0 Å². The second-order valence-electron chi connectivity index (χ2n) is 19.1. The number of nitrogens with zero attached hydrogens (tertiary/aromatic N) is 6. The monoisotopic (exact) mass is 850 g/mol. The molecule has 9 rings (SSSR count). The van der Waals surface area contributed by atoms with Crippen molar-refractivity contribution in [1.82, 2.24) is 39.5 Å². The van der Waals surface area contributed by atoms with Crippen molar-refractivity contribution in [2.45, 2.75) is 121 Å². The van der Waals surface area contributed by atoms with E-state index in [-0.39, 0.29) is 41.9 Å². The lowest BCUT2D eigenvalue weighted by Crippen LogP contribution is -2.52. The molecule has 63 heavy (non-hydrogen) atoms. The highest BCUT2D eigenvalue weighted by atomic mass is 16.4. The van der Waals surface area contributed by atoms with Crippen molar-refractivity contribution in [3.05, 3.63) is 108 Å². The summed E-state index contributed by atoms with van der Waals surface area (Å²) in [6, 6.07) is 26.8. The zero-order valence-electron chi connectivity index (χ0n) is 37.0. The van der Waals surface area contributed by atoms with Gasteiger partial charge in [0, 0.05) is 30.6 Å². The van der Waals surface area contributed by atoms with E-state index in [4.69, 9.17) is 9.97 Å². The van der Waals surface area contributed by atoms with Gasteiger partial charge in [-0.1, -0.05) is 85.3 Å². The van der Waals surface area contributed by atoms with E-state index < -0.39 is 11.6 Å². The van der Waals surface area contributed by atoms with E-state index >= 15 is 0 Å². The lowest BCUT2D eigenvalue weighted by Gasteiger charge is -2.43. The van der Waals surface area contributed by atoms with Crippen molar-refractivity contribution in [2.24, 2.45) is 5.92 Å². The molecule has 3 amide bonds. The summed E-state index contributed by atoms with van der Waals surface area (Å²) in [5.41, 5.74) is 6.74. The molecular weight excluding hydrogens is 789 g/mol. The quantitative estimate of drug-likeness (QED) is 0.127. The van der Waals surface area contributed by atoms with Crippen molar-refractivity contribution in [2.75, 3.05) is 26.2 Å². The molecule has 4 fully saturated rings. The number of aromatic nitrogens is 4. The smallest absolute Gasteiger partial charge is 0.407 e. The Kier molecular flexibility index (Phi) is 12.3. The van der Waals surface area contributed by atoms with Crippen LogP contribution in [0.15, 0.2) is 91.3 Å². The van der Waals surface area contributed by atoms with Gasteiger partial charge in [-0.25, -0.2) is 14.8 Å². The summed E-state index contributed by atoms with van der Waals surface area (Å²) < 4.78 is 0. The Labute approximate surface area is 371 Å². The first-order valence-electron chi connectivity index (χ1n) is 23.3. The number of carboxylic acid groups (broad SMARTS) is 1. The molecule has 330 valence electrons. The number of carbonyl (C=O) groups excluding carboxylic acids is 2. The number of hydrogen-bond donors (Lipinski definition) is 3. The molecule has 1 aliphatic carbocycles. The van der Waals surface area contributed by atoms with Gasteiger partial charge in [0.25, 0.3) is 0 Å². The molecule has 12 heteroatoms. The van der Waals surface area contributed by atoms with Crippen LogP contribution in [0.3, 0.4) is 0 Å². The summed E-state index contributed by atoms with van der Waals surface area (Å²) >= 11 is 0. The Morgan fingerprint density at radius 3 is 1.67 bits per heavy atom. The van der Waals surface area contributed by atoms with Gasteiger partial charge in [0.05, 0.1) is 35.9 Å². The fourth-order valence-corrected chi connectivity index (χ4v) is 10.9. The van der Waals surface area contributed by atoms with E-state index in [1.54, 1.807) is 4.90 Å². The minimum Gasteiger partial charge on any atom is -0.465 e. The maximum atomic E-state index is 14.4. The van der Waals surface area contributed by atoms with Gasteiger partial charge in [-0.15, -0.1) is 0 Å². The van der Waals surface area contributed by atoms with Crippen molar-refractivity contribution >= 4 is 17.9 Å².